The number of rotatable bonds is 5. The fraction of sp³-hybridized carbons (Fsp3) is 0.263. The van der Waals surface area contributed by atoms with Crippen LogP contribution in [0.2, 0.25) is 0 Å². The van der Waals surface area contributed by atoms with Crippen molar-refractivity contribution in [1.82, 2.24) is 0 Å². The summed E-state index contributed by atoms with van der Waals surface area (Å²) in [5.41, 5.74) is 2.19. The molecule has 0 atom stereocenters. The normalized spacial score (nSPS) is 14.0. The molecule has 0 spiro atoms. The number of hydrogen-bond acceptors (Lipinski definition) is 5. The molecule has 1 fully saturated rings. The first-order chi connectivity index (χ1) is 12.6. The fourth-order valence-electron chi connectivity index (χ4n) is 2.60. The Morgan fingerprint density at radius 1 is 1.12 bits per heavy atom. The number of carbonyl (C=O) groups is 2. The number of carbonyl (C=O) groups excluding carboxylic acids is 2. The van der Waals surface area contributed by atoms with Gasteiger partial charge in [0.25, 0.3) is 5.91 Å². The molecule has 1 amide bonds. The van der Waals surface area contributed by atoms with Gasteiger partial charge in [0.05, 0.1) is 18.8 Å². The highest BCUT2D eigenvalue weighted by Crippen LogP contribution is 2.19. The summed E-state index contributed by atoms with van der Waals surface area (Å²) in [4.78, 5) is 26.2. The zero-order valence-electron chi connectivity index (χ0n) is 14.1. The Morgan fingerprint density at radius 3 is 2.54 bits per heavy atom. The molecule has 1 saturated heterocycles. The molecular weight excluding hydrogens is 447 g/mol. The first kappa shape index (κ1) is 18.7. The van der Waals surface area contributed by atoms with Gasteiger partial charge >= 0.3 is 5.97 Å². The number of amides is 1. The van der Waals surface area contributed by atoms with Gasteiger partial charge in [0.2, 0.25) is 0 Å². The monoisotopic (exact) mass is 466 g/mol. The Hall–Kier alpha value is -2.13. The van der Waals surface area contributed by atoms with Crippen molar-refractivity contribution in [1.29, 1.82) is 0 Å². The Bertz CT molecular complexity index is 773. The number of halogens is 1. The highest BCUT2D eigenvalue weighted by atomic mass is 127. The van der Waals surface area contributed by atoms with Crippen LogP contribution >= 0.6 is 22.6 Å². The molecule has 0 radical (unpaired) electrons. The molecular formula is C19H19IN2O4. The minimum atomic E-state index is -0.513. The number of nitrogens with zero attached hydrogens (tertiary/aromatic N) is 1. The summed E-state index contributed by atoms with van der Waals surface area (Å²) in [6, 6.07) is 14.6. The van der Waals surface area contributed by atoms with Crippen LogP contribution < -0.4 is 10.2 Å². The molecule has 0 aromatic heterocycles. The van der Waals surface area contributed by atoms with E-state index in [0.29, 0.717) is 11.3 Å². The topological polar surface area (TPSA) is 67.9 Å². The number of morpholine rings is 1. The average Bonchev–Trinajstić information content (AvgIpc) is 2.67. The third-order valence-electron chi connectivity index (χ3n) is 3.92. The maximum atomic E-state index is 12.0. The second-order valence-corrected chi connectivity index (χ2v) is 7.03. The Labute approximate surface area is 165 Å². The standard InChI is InChI=1S/C19H19IN2O4/c20-15-3-1-2-14(12-15)19(24)26-13-18(23)21-16-4-6-17(7-5-16)22-8-10-25-11-9-22/h1-7,12H,8-11,13H2,(H,21,23). The molecule has 26 heavy (non-hydrogen) atoms. The average molecular weight is 466 g/mol. The van der Waals surface area contributed by atoms with Crippen molar-refractivity contribution in [3.63, 3.8) is 0 Å². The number of nitrogens with one attached hydrogen (secondary N) is 1. The van der Waals surface area contributed by atoms with Gasteiger partial charge in [-0.15, -0.1) is 0 Å². The summed E-state index contributed by atoms with van der Waals surface area (Å²) in [6.07, 6.45) is 0. The van der Waals surface area contributed by atoms with Crippen LogP contribution in [-0.4, -0.2) is 44.8 Å². The van der Waals surface area contributed by atoms with Crippen LogP contribution in [0.1, 0.15) is 10.4 Å². The Balaban J connectivity index is 1.49. The van der Waals surface area contributed by atoms with Gasteiger partial charge in [-0.2, -0.15) is 0 Å². The summed E-state index contributed by atoms with van der Waals surface area (Å²) < 4.78 is 11.3. The third kappa shape index (κ3) is 5.18. The van der Waals surface area contributed by atoms with Crippen LogP contribution in [0.3, 0.4) is 0 Å². The third-order valence-corrected chi connectivity index (χ3v) is 4.59. The van der Waals surface area contributed by atoms with E-state index >= 15 is 0 Å². The SMILES string of the molecule is O=C(COC(=O)c1cccc(I)c1)Nc1ccc(N2CCOCC2)cc1. The van der Waals surface area contributed by atoms with Crippen LogP contribution in [0.15, 0.2) is 48.5 Å². The van der Waals surface area contributed by atoms with E-state index in [9.17, 15) is 9.59 Å². The van der Waals surface area contributed by atoms with E-state index in [0.717, 1.165) is 35.6 Å². The quantitative estimate of drug-likeness (QED) is 0.543. The lowest BCUT2D eigenvalue weighted by atomic mass is 10.2. The van der Waals surface area contributed by atoms with E-state index in [-0.39, 0.29) is 12.5 Å². The van der Waals surface area contributed by atoms with Gasteiger partial charge in [0.1, 0.15) is 0 Å². The van der Waals surface area contributed by atoms with Crippen molar-refractivity contribution in [3.8, 4) is 0 Å². The Morgan fingerprint density at radius 2 is 1.85 bits per heavy atom. The summed E-state index contributed by atoms with van der Waals surface area (Å²) in [5, 5.41) is 2.73. The van der Waals surface area contributed by atoms with Crippen molar-refractivity contribution in [2.75, 3.05) is 43.1 Å². The van der Waals surface area contributed by atoms with E-state index in [2.05, 4.69) is 32.8 Å². The van der Waals surface area contributed by atoms with Crippen LogP contribution in [-0.2, 0) is 14.3 Å². The van der Waals surface area contributed by atoms with Gasteiger partial charge in [0.15, 0.2) is 6.61 Å². The van der Waals surface area contributed by atoms with Crippen LogP contribution in [0.25, 0.3) is 0 Å². The number of esters is 1. The number of hydrogen-bond donors (Lipinski definition) is 1. The maximum absolute atomic E-state index is 12.0. The molecule has 7 heteroatoms. The fourth-order valence-corrected chi connectivity index (χ4v) is 3.15. The molecule has 1 heterocycles. The van der Waals surface area contributed by atoms with E-state index in [1.807, 2.05) is 30.3 Å². The zero-order chi connectivity index (χ0) is 18.4. The van der Waals surface area contributed by atoms with Crippen LogP contribution in [0.5, 0.6) is 0 Å². The summed E-state index contributed by atoms with van der Waals surface area (Å²) in [7, 11) is 0. The van der Waals surface area contributed by atoms with E-state index < -0.39 is 5.97 Å². The van der Waals surface area contributed by atoms with E-state index in [1.54, 1.807) is 18.2 Å². The summed E-state index contributed by atoms with van der Waals surface area (Å²) in [5.74, 6) is -0.885. The van der Waals surface area contributed by atoms with Crippen molar-refractivity contribution >= 4 is 45.8 Å². The molecule has 0 unspecified atom stereocenters. The van der Waals surface area contributed by atoms with Crippen molar-refractivity contribution in [3.05, 3.63) is 57.7 Å². The second-order valence-electron chi connectivity index (χ2n) is 5.78. The van der Waals surface area contributed by atoms with Crippen LogP contribution in [0.4, 0.5) is 11.4 Å². The molecule has 2 aromatic rings. The second kappa shape index (κ2) is 9.00. The van der Waals surface area contributed by atoms with Gasteiger partial charge in [0, 0.05) is 28.0 Å². The molecule has 0 saturated carbocycles. The smallest absolute Gasteiger partial charge is 0.338 e. The molecule has 0 aliphatic carbocycles. The molecule has 1 aliphatic rings. The van der Waals surface area contributed by atoms with Crippen molar-refractivity contribution < 1.29 is 19.1 Å². The van der Waals surface area contributed by atoms with E-state index in [1.165, 1.54) is 0 Å². The van der Waals surface area contributed by atoms with Crippen LogP contribution in [0, 0.1) is 3.57 Å². The lowest BCUT2D eigenvalue weighted by Crippen LogP contribution is -2.36. The largest absolute Gasteiger partial charge is 0.452 e. The first-order valence-corrected chi connectivity index (χ1v) is 9.35. The highest BCUT2D eigenvalue weighted by Gasteiger charge is 2.12. The highest BCUT2D eigenvalue weighted by molar-refractivity contribution is 14.1. The van der Waals surface area contributed by atoms with Crippen molar-refractivity contribution in [2.45, 2.75) is 0 Å². The molecule has 1 N–H and O–H groups in total. The van der Waals surface area contributed by atoms with Gasteiger partial charge in [-0.1, -0.05) is 6.07 Å². The van der Waals surface area contributed by atoms with E-state index in [4.69, 9.17) is 9.47 Å². The lowest BCUT2D eigenvalue weighted by Gasteiger charge is -2.28. The molecule has 6 nitrogen and oxygen atoms in total. The summed E-state index contributed by atoms with van der Waals surface area (Å²) >= 11 is 2.12. The van der Waals surface area contributed by atoms with Gasteiger partial charge < -0.3 is 19.7 Å². The molecule has 136 valence electrons. The van der Waals surface area contributed by atoms with Gasteiger partial charge in [-0.05, 0) is 65.1 Å². The molecule has 0 bridgehead atoms. The number of benzene rings is 2. The number of ether oxygens (including phenoxy) is 2. The molecule has 3 rings (SSSR count). The lowest BCUT2D eigenvalue weighted by molar-refractivity contribution is -0.119. The molecule has 2 aromatic carbocycles. The van der Waals surface area contributed by atoms with Gasteiger partial charge in [-0.3, -0.25) is 4.79 Å². The zero-order valence-corrected chi connectivity index (χ0v) is 16.3. The Kier molecular flexibility index (Phi) is 6.45. The minimum absolute atomic E-state index is 0.324. The number of anilines is 2. The maximum Gasteiger partial charge on any atom is 0.338 e. The first-order valence-electron chi connectivity index (χ1n) is 8.27. The van der Waals surface area contributed by atoms with Crippen molar-refractivity contribution in [2.24, 2.45) is 0 Å². The molecule has 1 aliphatic heterocycles. The predicted molar refractivity (Wildman–Crippen MR) is 108 cm³/mol. The summed E-state index contributed by atoms with van der Waals surface area (Å²) in [6.45, 7) is 2.85. The minimum Gasteiger partial charge on any atom is -0.452 e. The van der Waals surface area contributed by atoms with Gasteiger partial charge in [-0.25, -0.2) is 4.79 Å². The predicted octanol–water partition coefficient (Wildman–Crippen LogP) is 2.92.